The molecular weight excluding hydrogens is 318 g/mol. The second kappa shape index (κ2) is 7.51. The van der Waals surface area contributed by atoms with E-state index in [0.717, 1.165) is 31.4 Å². The van der Waals surface area contributed by atoms with Gasteiger partial charge in [0.05, 0.1) is 6.54 Å². The van der Waals surface area contributed by atoms with Crippen LogP contribution < -0.4 is 5.32 Å². The molecule has 4 heterocycles. The number of likely N-dealkylation sites (tertiary alicyclic amines) is 1. The van der Waals surface area contributed by atoms with Crippen molar-refractivity contribution in [3.05, 3.63) is 11.6 Å². The fraction of sp³-hybridized carbons (Fsp3) is 0.867. The predicted molar refractivity (Wildman–Crippen MR) is 92.8 cm³/mol. The standard InChI is InChI=1S/C15H25N5S.ClH/c1-5-19(10-12-3-8-21-11-12)6-2-13(1)15-18-17-14-9-16-4-7-20(14)15;/h12-13,16H,1-11H2;1H. The molecule has 2 saturated heterocycles. The predicted octanol–water partition coefficient (Wildman–Crippen LogP) is 1.74. The van der Waals surface area contributed by atoms with Crippen LogP contribution in [0.4, 0.5) is 0 Å². The molecule has 0 amide bonds. The molecule has 1 unspecified atom stereocenters. The highest BCUT2D eigenvalue weighted by Gasteiger charge is 2.28. The van der Waals surface area contributed by atoms with Crippen LogP contribution in [0.2, 0.25) is 0 Å². The molecule has 22 heavy (non-hydrogen) atoms. The number of nitrogens with one attached hydrogen (secondary N) is 1. The molecule has 5 nitrogen and oxygen atoms in total. The molecule has 0 spiro atoms. The number of aromatic nitrogens is 3. The number of halogens is 1. The van der Waals surface area contributed by atoms with Gasteiger partial charge in [0, 0.05) is 25.6 Å². The molecule has 0 bridgehead atoms. The van der Waals surface area contributed by atoms with Gasteiger partial charge in [-0.1, -0.05) is 0 Å². The molecule has 0 radical (unpaired) electrons. The fourth-order valence-corrected chi connectivity index (χ4v) is 5.15. The van der Waals surface area contributed by atoms with Crippen LogP contribution in [-0.2, 0) is 13.1 Å². The van der Waals surface area contributed by atoms with Crippen molar-refractivity contribution in [1.29, 1.82) is 0 Å². The molecule has 1 atom stereocenters. The minimum absolute atomic E-state index is 0. The third-order valence-corrected chi connectivity index (χ3v) is 6.38. The lowest BCUT2D eigenvalue weighted by molar-refractivity contribution is 0.185. The summed E-state index contributed by atoms with van der Waals surface area (Å²) in [4.78, 5) is 2.68. The van der Waals surface area contributed by atoms with E-state index in [1.165, 1.54) is 56.2 Å². The number of hydrogen-bond donors (Lipinski definition) is 1. The first-order valence-corrected chi connectivity index (χ1v) is 9.48. The highest BCUT2D eigenvalue weighted by Crippen LogP contribution is 2.30. The summed E-state index contributed by atoms with van der Waals surface area (Å²) in [6.07, 6.45) is 3.94. The van der Waals surface area contributed by atoms with Gasteiger partial charge < -0.3 is 14.8 Å². The third kappa shape index (κ3) is 3.45. The van der Waals surface area contributed by atoms with Gasteiger partial charge in [0.2, 0.25) is 0 Å². The minimum Gasteiger partial charge on any atom is -0.312 e. The van der Waals surface area contributed by atoms with Crippen LogP contribution in [0.15, 0.2) is 0 Å². The summed E-state index contributed by atoms with van der Waals surface area (Å²) in [5.74, 6) is 6.70. The van der Waals surface area contributed by atoms with Crippen molar-refractivity contribution in [3.8, 4) is 0 Å². The van der Waals surface area contributed by atoms with Crippen LogP contribution in [-0.4, -0.2) is 57.3 Å². The molecule has 1 aromatic rings. The number of thioether (sulfide) groups is 1. The Labute approximate surface area is 143 Å². The Morgan fingerprint density at radius 2 is 2.00 bits per heavy atom. The van der Waals surface area contributed by atoms with Crippen LogP contribution >= 0.6 is 24.2 Å². The highest BCUT2D eigenvalue weighted by atomic mass is 35.5. The van der Waals surface area contributed by atoms with Gasteiger partial charge in [-0.25, -0.2) is 0 Å². The lowest BCUT2D eigenvalue weighted by atomic mass is 9.95. The van der Waals surface area contributed by atoms with Gasteiger partial charge in [-0.05, 0) is 49.8 Å². The van der Waals surface area contributed by atoms with Crippen LogP contribution in [0.1, 0.15) is 36.8 Å². The van der Waals surface area contributed by atoms with Crippen molar-refractivity contribution >= 4 is 24.2 Å². The topological polar surface area (TPSA) is 46.0 Å². The van der Waals surface area contributed by atoms with Crippen molar-refractivity contribution in [2.45, 2.75) is 38.3 Å². The molecule has 0 aromatic carbocycles. The van der Waals surface area contributed by atoms with E-state index in [1.54, 1.807) is 0 Å². The molecule has 2 fully saturated rings. The summed E-state index contributed by atoms with van der Waals surface area (Å²) in [6, 6.07) is 0. The molecule has 1 aromatic heterocycles. The Kier molecular flexibility index (Phi) is 5.65. The van der Waals surface area contributed by atoms with E-state index >= 15 is 0 Å². The summed E-state index contributed by atoms with van der Waals surface area (Å²) >= 11 is 2.13. The van der Waals surface area contributed by atoms with Gasteiger partial charge in [0.1, 0.15) is 11.6 Å². The first kappa shape index (κ1) is 16.6. The Balaban J connectivity index is 0.00000144. The van der Waals surface area contributed by atoms with Crippen LogP contribution in [0.5, 0.6) is 0 Å². The normalized spacial score (nSPS) is 26.6. The van der Waals surface area contributed by atoms with Crippen molar-refractivity contribution in [3.63, 3.8) is 0 Å². The smallest absolute Gasteiger partial charge is 0.147 e. The number of piperidine rings is 1. The van der Waals surface area contributed by atoms with Crippen LogP contribution in [0.25, 0.3) is 0 Å². The molecule has 4 rings (SSSR count). The second-order valence-electron chi connectivity index (χ2n) is 6.61. The number of hydrogen-bond acceptors (Lipinski definition) is 5. The molecule has 3 aliphatic heterocycles. The maximum Gasteiger partial charge on any atom is 0.147 e. The summed E-state index contributed by atoms with van der Waals surface area (Å²) < 4.78 is 2.37. The maximum atomic E-state index is 4.50. The van der Waals surface area contributed by atoms with E-state index in [4.69, 9.17) is 0 Å². The van der Waals surface area contributed by atoms with Gasteiger partial charge in [0.25, 0.3) is 0 Å². The Hall–Kier alpha value is -0.300. The van der Waals surface area contributed by atoms with Crippen LogP contribution in [0, 0.1) is 5.92 Å². The summed E-state index contributed by atoms with van der Waals surface area (Å²) in [6.45, 7) is 6.78. The monoisotopic (exact) mass is 343 g/mol. The SMILES string of the molecule is C1Cn2c(nnc2C2CCN(CC3CCSC3)CC2)CN1.Cl. The highest BCUT2D eigenvalue weighted by molar-refractivity contribution is 7.99. The summed E-state index contributed by atoms with van der Waals surface area (Å²) in [7, 11) is 0. The molecule has 1 N–H and O–H groups in total. The van der Waals surface area contributed by atoms with Gasteiger partial charge >= 0.3 is 0 Å². The average molecular weight is 344 g/mol. The van der Waals surface area contributed by atoms with Gasteiger partial charge in [-0.2, -0.15) is 11.8 Å². The van der Waals surface area contributed by atoms with Gasteiger partial charge in [-0.15, -0.1) is 22.6 Å². The van der Waals surface area contributed by atoms with Gasteiger partial charge in [0.15, 0.2) is 0 Å². The van der Waals surface area contributed by atoms with Crippen molar-refractivity contribution in [2.24, 2.45) is 5.92 Å². The Morgan fingerprint density at radius 1 is 1.14 bits per heavy atom. The second-order valence-corrected chi connectivity index (χ2v) is 7.76. The summed E-state index contributed by atoms with van der Waals surface area (Å²) in [5, 5.41) is 12.2. The Morgan fingerprint density at radius 3 is 2.77 bits per heavy atom. The molecule has 3 aliphatic rings. The van der Waals surface area contributed by atoms with Crippen molar-refractivity contribution in [2.75, 3.05) is 37.7 Å². The molecule has 0 aliphatic carbocycles. The van der Waals surface area contributed by atoms with E-state index in [1.807, 2.05) is 0 Å². The van der Waals surface area contributed by atoms with Crippen LogP contribution in [0.3, 0.4) is 0 Å². The molecule has 7 heteroatoms. The zero-order valence-corrected chi connectivity index (χ0v) is 14.7. The quantitative estimate of drug-likeness (QED) is 0.905. The van der Waals surface area contributed by atoms with Crippen molar-refractivity contribution in [1.82, 2.24) is 25.0 Å². The van der Waals surface area contributed by atoms with E-state index in [-0.39, 0.29) is 12.4 Å². The van der Waals surface area contributed by atoms with Gasteiger partial charge in [-0.3, -0.25) is 0 Å². The maximum absolute atomic E-state index is 4.50. The molecule has 124 valence electrons. The zero-order valence-electron chi connectivity index (χ0n) is 13.0. The summed E-state index contributed by atoms with van der Waals surface area (Å²) in [5.41, 5.74) is 0. The first-order valence-electron chi connectivity index (χ1n) is 8.33. The molecular formula is C15H26ClN5S. The lowest BCUT2D eigenvalue weighted by Crippen LogP contribution is -2.37. The minimum atomic E-state index is 0. The van der Waals surface area contributed by atoms with E-state index in [0.29, 0.717) is 5.92 Å². The third-order valence-electron chi connectivity index (χ3n) is 5.14. The number of rotatable bonds is 3. The van der Waals surface area contributed by atoms with E-state index in [9.17, 15) is 0 Å². The van der Waals surface area contributed by atoms with E-state index in [2.05, 4.69) is 36.7 Å². The molecule has 0 saturated carbocycles. The lowest BCUT2D eigenvalue weighted by Gasteiger charge is -2.33. The van der Waals surface area contributed by atoms with Crippen molar-refractivity contribution < 1.29 is 0 Å². The number of fused-ring (bicyclic) bond motifs is 1. The average Bonchev–Trinajstić information content (AvgIpc) is 3.17. The fourth-order valence-electron chi connectivity index (χ4n) is 3.88. The largest absolute Gasteiger partial charge is 0.312 e. The number of nitrogens with zero attached hydrogens (tertiary/aromatic N) is 4. The Bertz CT molecular complexity index is 480. The first-order chi connectivity index (χ1) is 10.4. The van der Waals surface area contributed by atoms with E-state index < -0.39 is 0 Å². The zero-order chi connectivity index (χ0) is 14.1.